The van der Waals surface area contributed by atoms with Crippen LogP contribution in [0.5, 0.6) is 5.75 Å². The van der Waals surface area contributed by atoms with Crippen LogP contribution in [0.3, 0.4) is 0 Å². The monoisotopic (exact) mass is 339 g/mol. The number of aliphatic hydroxyl groups is 1. The van der Waals surface area contributed by atoms with E-state index in [1.807, 2.05) is 59.5 Å². The Balaban J connectivity index is 1.61. The summed E-state index contributed by atoms with van der Waals surface area (Å²) in [5.41, 5.74) is 1.74. The summed E-state index contributed by atoms with van der Waals surface area (Å²) in [5, 5.41) is 9.23. The van der Waals surface area contributed by atoms with Gasteiger partial charge in [0.1, 0.15) is 12.4 Å². The zero-order chi connectivity index (χ0) is 17.5. The number of benzene rings is 2. The Hall–Kier alpha value is -2.33. The zero-order valence-electron chi connectivity index (χ0n) is 14.4. The van der Waals surface area contributed by atoms with Crippen LogP contribution in [0.1, 0.15) is 41.6 Å². The van der Waals surface area contributed by atoms with E-state index in [0.29, 0.717) is 18.6 Å². The fourth-order valence-corrected chi connectivity index (χ4v) is 3.31. The average Bonchev–Trinajstić information content (AvgIpc) is 2.68. The van der Waals surface area contributed by atoms with Gasteiger partial charge in [-0.15, -0.1) is 0 Å². The van der Waals surface area contributed by atoms with Crippen molar-refractivity contribution in [2.75, 3.05) is 13.2 Å². The van der Waals surface area contributed by atoms with Crippen LogP contribution in [0.25, 0.3) is 0 Å². The van der Waals surface area contributed by atoms with Crippen LogP contribution < -0.4 is 4.74 Å². The second-order valence-corrected chi connectivity index (χ2v) is 6.46. The van der Waals surface area contributed by atoms with Gasteiger partial charge in [0.05, 0.1) is 0 Å². The normalized spacial score (nSPS) is 17.3. The van der Waals surface area contributed by atoms with Gasteiger partial charge in [0.25, 0.3) is 5.91 Å². The van der Waals surface area contributed by atoms with E-state index in [2.05, 4.69) is 0 Å². The van der Waals surface area contributed by atoms with Gasteiger partial charge in [0, 0.05) is 24.8 Å². The minimum atomic E-state index is 0.0636. The van der Waals surface area contributed by atoms with E-state index in [1.54, 1.807) is 0 Å². The highest BCUT2D eigenvalue weighted by atomic mass is 16.5. The highest BCUT2D eigenvalue weighted by Gasteiger charge is 2.26. The summed E-state index contributed by atoms with van der Waals surface area (Å²) >= 11 is 0. The van der Waals surface area contributed by atoms with Crippen LogP contribution >= 0.6 is 0 Å². The van der Waals surface area contributed by atoms with Gasteiger partial charge in [-0.25, -0.2) is 0 Å². The van der Waals surface area contributed by atoms with Crippen LogP contribution in [0.15, 0.2) is 54.6 Å². The Kier molecular flexibility index (Phi) is 6.07. The molecule has 0 radical (unpaired) electrons. The Morgan fingerprint density at radius 2 is 1.84 bits per heavy atom. The summed E-state index contributed by atoms with van der Waals surface area (Å²) in [6.07, 6.45) is 3.81. The van der Waals surface area contributed by atoms with Crippen molar-refractivity contribution < 1.29 is 14.6 Å². The van der Waals surface area contributed by atoms with Gasteiger partial charge in [-0.2, -0.15) is 0 Å². The first kappa shape index (κ1) is 17.5. The Morgan fingerprint density at radius 1 is 1.08 bits per heavy atom. The number of para-hydroxylation sites is 1. The predicted molar refractivity (Wildman–Crippen MR) is 97.6 cm³/mol. The van der Waals surface area contributed by atoms with Crippen LogP contribution in [0.4, 0.5) is 0 Å². The van der Waals surface area contributed by atoms with Gasteiger partial charge >= 0.3 is 0 Å². The van der Waals surface area contributed by atoms with Crippen LogP contribution in [0.2, 0.25) is 0 Å². The molecule has 1 saturated heterocycles. The van der Waals surface area contributed by atoms with Crippen molar-refractivity contribution in [1.82, 2.24) is 4.90 Å². The Morgan fingerprint density at radius 3 is 2.56 bits per heavy atom. The SMILES string of the molecule is O=C(c1ccc(COc2ccccc2)cc1)N1CCCCC1CCO. The molecule has 1 N–H and O–H groups in total. The van der Waals surface area contributed by atoms with E-state index in [9.17, 15) is 9.90 Å². The first-order valence-corrected chi connectivity index (χ1v) is 8.96. The van der Waals surface area contributed by atoms with Crippen molar-refractivity contribution in [2.45, 2.75) is 38.3 Å². The summed E-state index contributed by atoms with van der Waals surface area (Å²) < 4.78 is 5.73. The molecule has 3 rings (SSSR count). The molecular formula is C21H25NO3. The number of carbonyl (C=O) groups is 1. The number of nitrogens with zero attached hydrogens (tertiary/aromatic N) is 1. The lowest BCUT2D eigenvalue weighted by Gasteiger charge is -2.35. The molecular weight excluding hydrogens is 314 g/mol. The maximum absolute atomic E-state index is 12.8. The third-order valence-corrected chi connectivity index (χ3v) is 4.70. The highest BCUT2D eigenvalue weighted by Crippen LogP contribution is 2.22. The number of hydrogen-bond donors (Lipinski definition) is 1. The number of piperidine rings is 1. The van der Waals surface area contributed by atoms with Crippen molar-refractivity contribution in [3.05, 3.63) is 65.7 Å². The van der Waals surface area contributed by atoms with Crippen molar-refractivity contribution in [2.24, 2.45) is 0 Å². The molecule has 0 spiro atoms. The number of amides is 1. The number of rotatable bonds is 6. The fraction of sp³-hybridized carbons (Fsp3) is 0.381. The summed E-state index contributed by atoms with van der Waals surface area (Å²) in [7, 11) is 0. The van der Waals surface area contributed by atoms with Crippen LogP contribution in [0, 0.1) is 0 Å². The van der Waals surface area contributed by atoms with Gasteiger partial charge in [-0.1, -0.05) is 30.3 Å². The predicted octanol–water partition coefficient (Wildman–Crippen LogP) is 3.64. The largest absolute Gasteiger partial charge is 0.489 e. The van der Waals surface area contributed by atoms with Crippen LogP contribution in [-0.2, 0) is 6.61 Å². The standard InChI is InChI=1S/C21H25NO3/c23-15-13-19-6-4-5-14-22(19)21(24)18-11-9-17(10-12-18)16-25-20-7-2-1-3-8-20/h1-3,7-12,19,23H,4-6,13-16H2. The maximum Gasteiger partial charge on any atom is 0.254 e. The minimum absolute atomic E-state index is 0.0636. The van der Waals surface area contributed by atoms with Crippen molar-refractivity contribution in [3.63, 3.8) is 0 Å². The van der Waals surface area contributed by atoms with E-state index in [0.717, 1.165) is 37.1 Å². The number of hydrogen-bond acceptors (Lipinski definition) is 3. The summed E-state index contributed by atoms with van der Waals surface area (Å²) in [6, 6.07) is 17.5. The van der Waals surface area contributed by atoms with E-state index in [4.69, 9.17) is 4.74 Å². The average molecular weight is 339 g/mol. The molecule has 0 saturated carbocycles. The van der Waals surface area contributed by atoms with Crippen molar-refractivity contribution in [3.8, 4) is 5.75 Å². The van der Waals surface area contributed by atoms with Gasteiger partial charge in [-0.05, 0) is 55.5 Å². The quantitative estimate of drug-likeness (QED) is 0.874. The van der Waals surface area contributed by atoms with E-state index >= 15 is 0 Å². The first-order valence-electron chi connectivity index (χ1n) is 8.96. The van der Waals surface area contributed by atoms with Crippen molar-refractivity contribution in [1.29, 1.82) is 0 Å². The molecule has 132 valence electrons. The molecule has 1 atom stereocenters. The molecule has 0 aliphatic carbocycles. The summed E-state index contributed by atoms with van der Waals surface area (Å²) in [5.74, 6) is 0.900. The lowest BCUT2D eigenvalue weighted by atomic mass is 9.98. The zero-order valence-corrected chi connectivity index (χ0v) is 14.4. The maximum atomic E-state index is 12.8. The smallest absolute Gasteiger partial charge is 0.254 e. The molecule has 1 aliphatic heterocycles. The second-order valence-electron chi connectivity index (χ2n) is 6.46. The highest BCUT2D eigenvalue weighted by molar-refractivity contribution is 5.94. The first-order chi connectivity index (χ1) is 12.3. The van der Waals surface area contributed by atoms with Gasteiger partial charge in [0.2, 0.25) is 0 Å². The number of carbonyl (C=O) groups excluding carboxylic acids is 1. The molecule has 4 heteroatoms. The Bertz CT molecular complexity index is 667. The van der Waals surface area contributed by atoms with Gasteiger partial charge < -0.3 is 14.7 Å². The van der Waals surface area contributed by atoms with E-state index in [1.165, 1.54) is 0 Å². The van der Waals surface area contributed by atoms with E-state index < -0.39 is 0 Å². The Labute approximate surface area is 149 Å². The fourth-order valence-electron chi connectivity index (χ4n) is 3.31. The lowest BCUT2D eigenvalue weighted by Crippen LogP contribution is -2.44. The molecule has 0 bridgehead atoms. The number of ether oxygens (including phenoxy) is 1. The molecule has 2 aromatic carbocycles. The summed E-state index contributed by atoms with van der Waals surface area (Å²) in [4.78, 5) is 14.7. The number of likely N-dealkylation sites (tertiary alicyclic amines) is 1. The summed E-state index contributed by atoms with van der Waals surface area (Å²) in [6.45, 7) is 1.39. The second kappa shape index (κ2) is 8.67. The molecule has 1 unspecified atom stereocenters. The van der Waals surface area contributed by atoms with Gasteiger partial charge in [-0.3, -0.25) is 4.79 Å². The molecule has 1 aliphatic rings. The third-order valence-electron chi connectivity index (χ3n) is 4.70. The molecule has 1 amide bonds. The topological polar surface area (TPSA) is 49.8 Å². The number of aliphatic hydroxyl groups excluding tert-OH is 1. The molecule has 4 nitrogen and oxygen atoms in total. The third kappa shape index (κ3) is 4.60. The minimum Gasteiger partial charge on any atom is -0.489 e. The van der Waals surface area contributed by atoms with Crippen LogP contribution in [-0.4, -0.2) is 35.1 Å². The molecule has 1 fully saturated rings. The van der Waals surface area contributed by atoms with Crippen molar-refractivity contribution >= 4 is 5.91 Å². The molecule has 0 aromatic heterocycles. The molecule has 25 heavy (non-hydrogen) atoms. The van der Waals surface area contributed by atoms with Gasteiger partial charge in [0.15, 0.2) is 0 Å². The van der Waals surface area contributed by atoms with E-state index in [-0.39, 0.29) is 18.6 Å². The molecule has 1 heterocycles. The lowest BCUT2D eigenvalue weighted by molar-refractivity contribution is 0.0574. The molecule has 2 aromatic rings.